The minimum absolute atomic E-state index is 0.226. The SMILES string of the molecule is Cc1c(O)c(-c2ccccc2-c2cccnc2)nn1C. The fourth-order valence-corrected chi connectivity index (χ4v) is 2.24. The fraction of sp³-hybridized carbons (Fsp3) is 0.125. The van der Waals surface area contributed by atoms with E-state index in [4.69, 9.17) is 0 Å². The van der Waals surface area contributed by atoms with Gasteiger partial charge in [-0.2, -0.15) is 5.10 Å². The standard InChI is InChI=1S/C16H15N3O/c1-11-16(20)15(18-19(11)2)14-8-4-3-7-13(14)12-6-5-9-17-10-12/h3-10,20H,1-2H3. The molecule has 1 aromatic carbocycles. The zero-order valence-electron chi connectivity index (χ0n) is 11.4. The van der Waals surface area contributed by atoms with E-state index in [1.807, 2.05) is 56.6 Å². The van der Waals surface area contributed by atoms with E-state index in [1.165, 1.54) is 0 Å². The third-order valence-electron chi connectivity index (χ3n) is 3.46. The normalized spacial score (nSPS) is 10.7. The monoisotopic (exact) mass is 265 g/mol. The maximum absolute atomic E-state index is 10.2. The largest absolute Gasteiger partial charge is 0.504 e. The van der Waals surface area contributed by atoms with Gasteiger partial charge in [-0.1, -0.05) is 30.3 Å². The van der Waals surface area contributed by atoms with Crippen molar-refractivity contribution in [2.24, 2.45) is 7.05 Å². The van der Waals surface area contributed by atoms with Crippen molar-refractivity contribution in [1.82, 2.24) is 14.8 Å². The highest BCUT2D eigenvalue weighted by Gasteiger charge is 2.16. The molecule has 0 amide bonds. The molecular formula is C16H15N3O. The predicted octanol–water partition coefficient (Wildman–Crippen LogP) is 3.16. The molecule has 2 heterocycles. The summed E-state index contributed by atoms with van der Waals surface area (Å²) in [6.45, 7) is 1.85. The highest BCUT2D eigenvalue weighted by atomic mass is 16.3. The van der Waals surface area contributed by atoms with E-state index in [2.05, 4.69) is 10.1 Å². The average molecular weight is 265 g/mol. The summed E-state index contributed by atoms with van der Waals surface area (Å²) in [6.07, 6.45) is 3.56. The Labute approximate surface area is 117 Å². The van der Waals surface area contributed by atoms with E-state index in [0.29, 0.717) is 5.69 Å². The second-order valence-electron chi connectivity index (χ2n) is 4.69. The van der Waals surface area contributed by atoms with Crippen molar-refractivity contribution in [2.45, 2.75) is 6.92 Å². The van der Waals surface area contributed by atoms with Crippen LogP contribution in [0.15, 0.2) is 48.8 Å². The van der Waals surface area contributed by atoms with E-state index >= 15 is 0 Å². The van der Waals surface area contributed by atoms with Crippen LogP contribution in [0.25, 0.3) is 22.4 Å². The molecule has 1 N–H and O–H groups in total. The quantitative estimate of drug-likeness (QED) is 0.774. The Morgan fingerprint density at radius 2 is 1.80 bits per heavy atom. The summed E-state index contributed by atoms with van der Waals surface area (Å²) >= 11 is 0. The number of nitrogens with zero attached hydrogens (tertiary/aromatic N) is 3. The third kappa shape index (κ3) is 1.95. The van der Waals surface area contributed by atoms with Crippen molar-refractivity contribution in [2.75, 3.05) is 0 Å². The van der Waals surface area contributed by atoms with Gasteiger partial charge in [0, 0.05) is 30.6 Å². The first-order valence-electron chi connectivity index (χ1n) is 6.41. The fourth-order valence-electron chi connectivity index (χ4n) is 2.24. The number of hydrogen-bond acceptors (Lipinski definition) is 3. The summed E-state index contributed by atoms with van der Waals surface area (Å²) in [7, 11) is 1.82. The molecule has 0 atom stereocenters. The van der Waals surface area contributed by atoms with Gasteiger partial charge >= 0.3 is 0 Å². The van der Waals surface area contributed by atoms with Crippen LogP contribution in [0.4, 0.5) is 0 Å². The predicted molar refractivity (Wildman–Crippen MR) is 78.3 cm³/mol. The first kappa shape index (κ1) is 12.4. The Balaban J connectivity index is 2.23. The highest BCUT2D eigenvalue weighted by molar-refractivity contribution is 5.84. The molecular weight excluding hydrogens is 250 g/mol. The van der Waals surface area contributed by atoms with E-state index in [9.17, 15) is 5.11 Å². The molecule has 3 aromatic rings. The number of aromatic nitrogens is 3. The molecule has 0 aliphatic heterocycles. The third-order valence-corrected chi connectivity index (χ3v) is 3.46. The Morgan fingerprint density at radius 3 is 2.40 bits per heavy atom. The van der Waals surface area contributed by atoms with Crippen molar-refractivity contribution >= 4 is 0 Å². The van der Waals surface area contributed by atoms with Gasteiger partial charge in [0.05, 0.1) is 5.69 Å². The molecule has 4 nitrogen and oxygen atoms in total. The van der Waals surface area contributed by atoms with Crippen molar-refractivity contribution in [3.05, 3.63) is 54.5 Å². The number of rotatable bonds is 2. The van der Waals surface area contributed by atoms with Crippen LogP contribution in [0.5, 0.6) is 5.75 Å². The summed E-state index contributed by atoms with van der Waals surface area (Å²) in [5.74, 6) is 0.226. The Bertz CT molecular complexity index is 748. The smallest absolute Gasteiger partial charge is 0.164 e. The Kier molecular flexibility index (Phi) is 2.99. The van der Waals surface area contributed by atoms with E-state index in [0.717, 1.165) is 22.4 Å². The van der Waals surface area contributed by atoms with Gasteiger partial charge in [-0.05, 0) is 18.6 Å². The Morgan fingerprint density at radius 1 is 1.05 bits per heavy atom. The molecule has 20 heavy (non-hydrogen) atoms. The lowest BCUT2D eigenvalue weighted by atomic mass is 9.98. The van der Waals surface area contributed by atoms with Crippen LogP contribution in [0.1, 0.15) is 5.69 Å². The highest BCUT2D eigenvalue weighted by Crippen LogP contribution is 2.36. The van der Waals surface area contributed by atoms with Crippen LogP contribution in [-0.4, -0.2) is 19.9 Å². The summed E-state index contributed by atoms with van der Waals surface area (Å²) in [6, 6.07) is 11.8. The second kappa shape index (κ2) is 4.81. The van der Waals surface area contributed by atoms with Crippen molar-refractivity contribution in [3.8, 4) is 28.1 Å². The molecule has 0 unspecified atom stereocenters. The molecule has 0 radical (unpaired) electrons. The average Bonchev–Trinajstić information content (AvgIpc) is 2.76. The summed E-state index contributed by atoms with van der Waals surface area (Å²) in [4.78, 5) is 4.15. The van der Waals surface area contributed by atoms with Crippen LogP contribution in [0.3, 0.4) is 0 Å². The Hall–Kier alpha value is -2.62. The number of benzene rings is 1. The van der Waals surface area contributed by atoms with Crippen molar-refractivity contribution in [3.63, 3.8) is 0 Å². The molecule has 4 heteroatoms. The molecule has 0 fully saturated rings. The van der Waals surface area contributed by atoms with Crippen LogP contribution < -0.4 is 0 Å². The van der Waals surface area contributed by atoms with Gasteiger partial charge in [0.2, 0.25) is 0 Å². The van der Waals surface area contributed by atoms with E-state index in [-0.39, 0.29) is 5.75 Å². The van der Waals surface area contributed by atoms with Gasteiger partial charge in [0.25, 0.3) is 0 Å². The maximum atomic E-state index is 10.2. The van der Waals surface area contributed by atoms with Gasteiger partial charge in [0.15, 0.2) is 5.75 Å². The molecule has 100 valence electrons. The summed E-state index contributed by atoms with van der Waals surface area (Å²) < 4.78 is 1.69. The van der Waals surface area contributed by atoms with Gasteiger partial charge in [-0.15, -0.1) is 0 Å². The summed E-state index contributed by atoms with van der Waals surface area (Å²) in [5.41, 5.74) is 4.27. The molecule has 0 saturated heterocycles. The van der Waals surface area contributed by atoms with Gasteiger partial charge in [0.1, 0.15) is 5.69 Å². The topological polar surface area (TPSA) is 50.9 Å². The van der Waals surface area contributed by atoms with Crippen LogP contribution in [0.2, 0.25) is 0 Å². The van der Waals surface area contributed by atoms with Gasteiger partial charge < -0.3 is 5.11 Å². The minimum Gasteiger partial charge on any atom is -0.504 e. The number of aromatic hydroxyl groups is 1. The van der Waals surface area contributed by atoms with Gasteiger partial charge in [-0.25, -0.2) is 0 Å². The molecule has 0 saturated carbocycles. The van der Waals surface area contributed by atoms with E-state index < -0.39 is 0 Å². The molecule has 0 aliphatic carbocycles. The van der Waals surface area contributed by atoms with Crippen LogP contribution >= 0.6 is 0 Å². The molecule has 0 aliphatic rings. The van der Waals surface area contributed by atoms with Gasteiger partial charge in [-0.3, -0.25) is 9.67 Å². The van der Waals surface area contributed by atoms with Crippen LogP contribution in [-0.2, 0) is 7.05 Å². The molecule has 0 spiro atoms. The second-order valence-corrected chi connectivity index (χ2v) is 4.69. The lowest BCUT2D eigenvalue weighted by molar-refractivity contribution is 0.471. The first-order valence-corrected chi connectivity index (χ1v) is 6.41. The number of aryl methyl sites for hydroxylation is 1. The number of pyridine rings is 1. The van der Waals surface area contributed by atoms with E-state index in [1.54, 1.807) is 10.9 Å². The first-order chi connectivity index (χ1) is 9.68. The number of hydrogen-bond donors (Lipinski definition) is 1. The van der Waals surface area contributed by atoms with Crippen LogP contribution in [0, 0.1) is 6.92 Å². The molecule has 3 rings (SSSR count). The lowest BCUT2D eigenvalue weighted by Gasteiger charge is -2.07. The zero-order valence-corrected chi connectivity index (χ0v) is 11.4. The van der Waals surface area contributed by atoms with Crippen molar-refractivity contribution < 1.29 is 5.11 Å². The molecule has 2 aromatic heterocycles. The summed E-state index contributed by atoms with van der Waals surface area (Å²) in [5, 5.41) is 14.7. The molecule has 0 bridgehead atoms. The lowest BCUT2D eigenvalue weighted by Crippen LogP contribution is -1.93. The zero-order chi connectivity index (χ0) is 14.1. The maximum Gasteiger partial charge on any atom is 0.164 e. The van der Waals surface area contributed by atoms with Crippen molar-refractivity contribution in [1.29, 1.82) is 0 Å². The minimum atomic E-state index is 0.226.